The van der Waals surface area contributed by atoms with Gasteiger partial charge in [0.05, 0.1) is 6.10 Å². The molecule has 0 saturated carbocycles. The minimum absolute atomic E-state index is 0.157. The number of rotatable bonds is 36. The van der Waals surface area contributed by atoms with Crippen molar-refractivity contribution in [2.24, 2.45) is 5.92 Å². The van der Waals surface area contributed by atoms with Crippen molar-refractivity contribution in [2.75, 3.05) is 13.2 Å². The Kier molecular flexibility index (Phi) is 36.4. The summed E-state index contributed by atoms with van der Waals surface area (Å²) in [6.45, 7) is 6.46. The van der Waals surface area contributed by atoms with Crippen molar-refractivity contribution in [3.8, 4) is 0 Å². The molecular formula is C44H78O6. The number of allylic oxidation sites excluding steroid dienone is 7. The standard InChI is InChI=1S/C44H78O6/c1-4-5-6-7-8-9-10-14-18-21-24-27-30-34-41(45)35-32-37-44(48)50-39-42(46)38-49-43(47)36-31-28-25-22-19-16-13-11-12-15-17-20-23-26-29-33-40(2)3/h8-9,14,18,24,27,30,34,40-42,45-46H,4-7,10-13,15-17,19-23,25-26,28-29,31-33,35-39H2,1-3H3/b9-8-,18-14-,27-24-,34-30+/t41-,42+/m1/s1. The molecule has 2 N–H and O–H groups in total. The maximum absolute atomic E-state index is 12.0. The third kappa shape index (κ3) is 38.6. The van der Waals surface area contributed by atoms with Gasteiger partial charge < -0.3 is 19.7 Å². The first-order valence-corrected chi connectivity index (χ1v) is 20.7. The van der Waals surface area contributed by atoms with Crippen LogP contribution in [0.1, 0.15) is 188 Å². The Morgan fingerprint density at radius 3 is 1.56 bits per heavy atom. The van der Waals surface area contributed by atoms with Gasteiger partial charge in [-0.2, -0.15) is 0 Å². The number of esters is 2. The van der Waals surface area contributed by atoms with Gasteiger partial charge in [-0.25, -0.2) is 0 Å². The van der Waals surface area contributed by atoms with Crippen molar-refractivity contribution in [1.29, 1.82) is 0 Å². The van der Waals surface area contributed by atoms with Gasteiger partial charge >= 0.3 is 11.9 Å². The van der Waals surface area contributed by atoms with Crippen LogP contribution >= 0.6 is 0 Å². The summed E-state index contributed by atoms with van der Waals surface area (Å²) in [6, 6.07) is 0. The highest BCUT2D eigenvalue weighted by Gasteiger charge is 2.12. The Morgan fingerprint density at radius 2 is 1.02 bits per heavy atom. The first-order chi connectivity index (χ1) is 24.3. The topological polar surface area (TPSA) is 93.1 Å². The van der Waals surface area contributed by atoms with Crippen molar-refractivity contribution >= 4 is 11.9 Å². The zero-order valence-electron chi connectivity index (χ0n) is 32.7. The van der Waals surface area contributed by atoms with E-state index < -0.39 is 18.2 Å². The smallest absolute Gasteiger partial charge is 0.305 e. The van der Waals surface area contributed by atoms with Crippen LogP contribution in [0.25, 0.3) is 0 Å². The number of aliphatic hydroxyl groups excluding tert-OH is 2. The zero-order chi connectivity index (χ0) is 36.8. The van der Waals surface area contributed by atoms with Crippen molar-refractivity contribution in [2.45, 2.75) is 200 Å². The van der Waals surface area contributed by atoms with E-state index in [0.29, 0.717) is 19.3 Å². The Balaban J connectivity index is 3.60. The van der Waals surface area contributed by atoms with E-state index in [1.54, 1.807) is 6.08 Å². The average molecular weight is 703 g/mol. The average Bonchev–Trinajstić information content (AvgIpc) is 3.09. The van der Waals surface area contributed by atoms with Crippen molar-refractivity contribution < 1.29 is 29.3 Å². The van der Waals surface area contributed by atoms with E-state index in [0.717, 1.165) is 44.4 Å². The molecule has 0 aromatic rings. The highest BCUT2D eigenvalue weighted by Crippen LogP contribution is 2.15. The normalized spacial score (nSPS) is 13.4. The van der Waals surface area contributed by atoms with Crippen LogP contribution in [0.2, 0.25) is 0 Å². The van der Waals surface area contributed by atoms with Gasteiger partial charge in [-0.1, -0.05) is 179 Å². The maximum atomic E-state index is 12.0. The molecule has 290 valence electrons. The number of carbonyl (C=O) groups excluding carboxylic acids is 2. The second kappa shape index (κ2) is 38.1. The second-order valence-corrected chi connectivity index (χ2v) is 14.4. The summed E-state index contributed by atoms with van der Waals surface area (Å²) < 4.78 is 10.2. The van der Waals surface area contributed by atoms with Crippen LogP contribution < -0.4 is 0 Å². The number of carbonyl (C=O) groups is 2. The van der Waals surface area contributed by atoms with Crippen LogP contribution in [0.3, 0.4) is 0 Å². The molecule has 50 heavy (non-hydrogen) atoms. The number of unbranched alkanes of at least 4 members (excludes halogenated alkanes) is 17. The van der Waals surface area contributed by atoms with Gasteiger partial charge in [-0.3, -0.25) is 9.59 Å². The summed E-state index contributed by atoms with van der Waals surface area (Å²) in [4.78, 5) is 24.0. The Labute approximate surface area is 308 Å². The van der Waals surface area contributed by atoms with Gasteiger partial charge in [-0.15, -0.1) is 0 Å². The molecule has 0 aliphatic carbocycles. The summed E-state index contributed by atoms with van der Waals surface area (Å²) in [5.41, 5.74) is 0. The summed E-state index contributed by atoms with van der Waals surface area (Å²) in [5.74, 6) is 0.0904. The first kappa shape index (κ1) is 47.8. The van der Waals surface area contributed by atoms with Crippen molar-refractivity contribution in [3.05, 3.63) is 48.6 Å². The summed E-state index contributed by atoms with van der Waals surface area (Å²) in [7, 11) is 0. The zero-order valence-corrected chi connectivity index (χ0v) is 32.7. The molecule has 0 aromatic heterocycles. The molecule has 2 atom stereocenters. The number of hydrogen-bond acceptors (Lipinski definition) is 6. The third-order valence-electron chi connectivity index (χ3n) is 8.85. The maximum Gasteiger partial charge on any atom is 0.305 e. The predicted octanol–water partition coefficient (Wildman–Crippen LogP) is 11.8. The molecule has 0 amide bonds. The molecule has 0 heterocycles. The molecule has 0 aliphatic heterocycles. The SMILES string of the molecule is CCCCC/C=C\C/C=C\C/C=C\C=C\[C@@H](O)CCCC(=O)OC[C@@H](O)COC(=O)CCCCCCCCCCCCCCCCCC(C)C. The molecule has 0 saturated heterocycles. The summed E-state index contributed by atoms with van der Waals surface area (Å²) in [6.07, 6.45) is 43.4. The van der Waals surface area contributed by atoms with Gasteiger partial charge in [0.25, 0.3) is 0 Å². The molecule has 0 bridgehead atoms. The van der Waals surface area contributed by atoms with Gasteiger partial charge in [0.2, 0.25) is 0 Å². The van der Waals surface area contributed by atoms with E-state index in [1.807, 2.05) is 18.2 Å². The lowest BCUT2D eigenvalue weighted by atomic mass is 10.0. The Bertz CT molecular complexity index is 874. The monoisotopic (exact) mass is 703 g/mol. The molecule has 6 heteroatoms. The molecule has 0 fully saturated rings. The minimum Gasteiger partial charge on any atom is -0.463 e. The van der Waals surface area contributed by atoms with E-state index in [4.69, 9.17) is 9.47 Å². The lowest BCUT2D eigenvalue weighted by Gasteiger charge is -2.12. The van der Waals surface area contributed by atoms with E-state index in [9.17, 15) is 19.8 Å². The van der Waals surface area contributed by atoms with E-state index >= 15 is 0 Å². The summed E-state index contributed by atoms with van der Waals surface area (Å²) >= 11 is 0. The van der Waals surface area contributed by atoms with Crippen LogP contribution in [-0.2, 0) is 19.1 Å². The van der Waals surface area contributed by atoms with Crippen LogP contribution in [0.4, 0.5) is 0 Å². The third-order valence-corrected chi connectivity index (χ3v) is 8.85. The Morgan fingerprint density at radius 1 is 0.540 bits per heavy atom. The number of hydrogen-bond donors (Lipinski definition) is 2. The quantitative estimate of drug-likeness (QED) is 0.0292. The molecule has 6 nitrogen and oxygen atoms in total. The van der Waals surface area contributed by atoms with E-state index in [2.05, 4.69) is 45.1 Å². The van der Waals surface area contributed by atoms with Crippen LogP contribution in [-0.4, -0.2) is 47.6 Å². The fourth-order valence-electron chi connectivity index (χ4n) is 5.67. The minimum atomic E-state index is -1.04. The van der Waals surface area contributed by atoms with Gasteiger partial charge in [0, 0.05) is 12.8 Å². The van der Waals surface area contributed by atoms with Crippen molar-refractivity contribution in [1.82, 2.24) is 0 Å². The highest BCUT2D eigenvalue weighted by molar-refractivity contribution is 5.69. The summed E-state index contributed by atoms with van der Waals surface area (Å²) in [5, 5.41) is 20.1. The number of aliphatic hydroxyl groups is 2. The first-order valence-electron chi connectivity index (χ1n) is 20.7. The van der Waals surface area contributed by atoms with Crippen molar-refractivity contribution in [3.63, 3.8) is 0 Å². The molecule has 0 radical (unpaired) electrons. The van der Waals surface area contributed by atoms with Gasteiger partial charge in [-0.05, 0) is 50.9 Å². The Hall–Kier alpha value is -2.18. The molecule has 0 aliphatic rings. The van der Waals surface area contributed by atoms with Gasteiger partial charge in [0.1, 0.15) is 19.3 Å². The fourth-order valence-corrected chi connectivity index (χ4v) is 5.67. The molecule has 0 rings (SSSR count). The van der Waals surface area contributed by atoms with E-state index in [1.165, 1.54) is 103 Å². The van der Waals surface area contributed by atoms with E-state index in [-0.39, 0.29) is 25.6 Å². The van der Waals surface area contributed by atoms with Gasteiger partial charge in [0.15, 0.2) is 0 Å². The molecule has 0 aromatic carbocycles. The highest BCUT2D eigenvalue weighted by atomic mass is 16.6. The number of ether oxygens (including phenoxy) is 2. The van der Waals surface area contributed by atoms with Crippen LogP contribution in [0.15, 0.2) is 48.6 Å². The van der Waals surface area contributed by atoms with Crippen LogP contribution in [0.5, 0.6) is 0 Å². The largest absolute Gasteiger partial charge is 0.463 e. The molecule has 0 spiro atoms. The lowest BCUT2D eigenvalue weighted by Crippen LogP contribution is -2.25. The second-order valence-electron chi connectivity index (χ2n) is 14.4. The predicted molar refractivity (Wildman–Crippen MR) is 211 cm³/mol. The fraction of sp³-hybridized carbons (Fsp3) is 0.773. The molecule has 0 unspecified atom stereocenters. The lowest BCUT2D eigenvalue weighted by molar-refractivity contribution is -0.152. The van der Waals surface area contributed by atoms with Crippen LogP contribution in [0, 0.1) is 5.92 Å². The molecular weight excluding hydrogens is 624 g/mol.